The van der Waals surface area contributed by atoms with Gasteiger partial charge in [0.15, 0.2) is 0 Å². The van der Waals surface area contributed by atoms with E-state index in [1.54, 1.807) is 13.8 Å². The van der Waals surface area contributed by atoms with Crippen LogP contribution in [0.25, 0.3) is 0 Å². The highest BCUT2D eigenvalue weighted by molar-refractivity contribution is 6.30. The number of rotatable bonds is 5. The number of nitrogens with two attached hydrogens (primary N) is 1. The van der Waals surface area contributed by atoms with E-state index in [2.05, 4.69) is 10.6 Å². The molecule has 4 N–H and O–H groups in total. The molecule has 0 saturated heterocycles. The van der Waals surface area contributed by atoms with E-state index in [-0.39, 0.29) is 18.2 Å². The van der Waals surface area contributed by atoms with Crippen LogP contribution in [0.5, 0.6) is 0 Å². The van der Waals surface area contributed by atoms with Crippen molar-refractivity contribution in [1.82, 2.24) is 5.32 Å². The van der Waals surface area contributed by atoms with E-state index in [9.17, 15) is 14.0 Å². The largest absolute Gasteiger partial charge is 0.346 e. The maximum absolute atomic E-state index is 13.4. The van der Waals surface area contributed by atoms with Gasteiger partial charge < -0.3 is 16.4 Å². The molecular weight excluding hydrogens is 285 g/mol. The SMILES string of the molecule is CC(C)[C@H](N)C(=O)NCC(=O)Nc1cc(Cl)ccc1F. The summed E-state index contributed by atoms with van der Waals surface area (Å²) in [6, 6.07) is 3.11. The molecule has 0 aliphatic rings. The fourth-order valence-electron chi connectivity index (χ4n) is 1.38. The van der Waals surface area contributed by atoms with Gasteiger partial charge in [-0.15, -0.1) is 0 Å². The molecule has 1 atom stereocenters. The van der Waals surface area contributed by atoms with Crippen LogP contribution < -0.4 is 16.4 Å². The Labute approximate surface area is 121 Å². The highest BCUT2D eigenvalue weighted by Gasteiger charge is 2.17. The molecule has 1 aromatic rings. The lowest BCUT2D eigenvalue weighted by Crippen LogP contribution is -2.46. The van der Waals surface area contributed by atoms with Crippen molar-refractivity contribution < 1.29 is 14.0 Å². The molecular formula is C13H17ClFN3O2. The van der Waals surface area contributed by atoms with Crippen LogP contribution in [0.15, 0.2) is 18.2 Å². The average Bonchev–Trinajstić information content (AvgIpc) is 2.39. The van der Waals surface area contributed by atoms with Crippen molar-refractivity contribution in [2.75, 3.05) is 11.9 Å². The zero-order chi connectivity index (χ0) is 15.3. The summed E-state index contributed by atoms with van der Waals surface area (Å²) >= 11 is 5.70. The lowest BCUT2D eigenvalue weighted by molar-refractivity contribution is -0.125. The standard InChI is InChI=1S/C13H17ClFN3O2/c1-7(2)12(16)13(20)17-6-11(19)18-10-5-8(14)3-4-9(10)15/h3-5,7,12H,6,16H2,1-2H3,(H,17,20)(H,18,19)/t12-/m0/s1. The van der Waals surface area contributed by atoms with Gasteiger partial charge in [-0.1, -0.05) is 25.4 Å². The van der Waals surface area contributed by atoms with Crippen molar-refractivity contribution in [3.8, 4) is 0 Å². The Bertz CT molecular complexity index is 508. The first-order valence-electron chi connectivity index (χ1n) is 6.09. The normalized spacial score (nSPS) is 12.1. The van der Waals surface area contributed by atoms with Gasteiger partial charge in [0.05, 0.1) is 18.3 Å². The summed E-state index contributed by atoms with van der Waals surface area (Å²) in [5, 5.41) is 5.01. The molecule has 5 nitrogen and oxygen atoms in total. The third-order valence-electron chi connectivity index (χ3n) is 2.65. The summed E-state index contributed by atoms with van der Waals surface area (Å²) < 4.78 is 13.4. The Morgan fingerprint density at radius 1 is 1.40 bits per heavy atom. The number of hydrogen-bond acceptors (Lipinski definition) is 3. The fourth-order valence-corrected chi connectivity index (χ4v) is 1.55. The van der Waals surface area contributed by atoms with Crippen molar-refractivity contribution in [2.45, 2.75) is 19.9 Å². The van der Waals surface area contributed by atoms with Crippen molar-refractivity contribution in [1.29, 1.82) is 0 Å². The third-order valence-corrected chi connectivity index (χ3v) is 2.88. The van der Waals surface area contributed by atoms with Crippen molar-refractivity contribution in [3.05, 3.63) is 29.0 Å². The second kappa shape index (κ2) is 7.21. The van der Waals surface area contributed by atoms with Crippen LogP contribution in [0.3, 0.4) is 0 Å². The zero-order valence-corrected chi connectivity index (χ0v) is 12.0. The Morgan fingerprint density at radius 2 is 2.05 bits per heavy atom. The van der Waals surface area contributed by atoms with E-state index in [1.165, 1.54) is 12.1 Å². The number of amides is 2. The van der Waals surface area contributed by atoms with Gasteiger partial charge in [-0.25, -0.2) is 4.39 Å². The molecule has 1 rings (SSSR count). The summed E-state index contributed by atoms with van der Waals surface area (Å²) in [5.41, 5.74) is 5.58. The first-order chi connectivity index (χ1) is 9.31. The molecule has 0 unspecified atom stereocenters. The zero-order valence-electron chi connectivity index (χ0n) is 11.2. The van der Waals surface area contributed by atoms with Crippen LogP contribution in [0, 0.1) is 11.7 Å². The van der Waals surface area contributed by atoms with Gasteiger partial charge in [-0.3, -0.25) is 9.59 Å². The Morgan fingerprint density at radius 3 is 2.65 bits per heavy atom. The monoisotopic (exact) mass is 301 g/mol. The summed E-state index contributed by atoms with van der Waals surface area (Å²) in [6.45, 7) is 3.31. The summed E-state index contributed by atoms with van der Waals surface area (Å²) in [6.07, 6.45) is 0. The predicted molar refractivity (Wildman–Crippen MR) is 75.9 cm³/mol. The van der Waals surface area contributed by atoms with Crippen LogP contribution in [-0.2, 0) is 9.59 Å². The molecule has 7 heteroatoms. The van der Waals surface area contributed by atoms with Gasteiger partial charge in [0, 0.05) is 5.02 Å². The van der Waals surface area contributed by atoms with Crippen LogP contribution in [0.1, 0.15) is 13.8 Å². The Balaban J connectivity index is 2.52. The van der Waals surface area contributed by atoms with Crippen LogP contribution in [0.4, 0.5) is 10.1 Å². The lowest BCUT2D eigenvalue weighted by Gasteiger charge is -2.15. The molecule has 0 bridgehead atoms. The molecule has 0 spiro atoms. The van der Waals surface area contributed by atoms with Crippen molar-refractivity contribution in [3.63, 3.8) is 0 Å². The summed E-state index contributed by atoms with van der Waals surface area (Å²) in [4.78, 5) is 23.1. The number of anilines is 1. The number of halogens is 2. The van der Waals surface area contributed by atoms with Gasteiger partial charge in [-0.2, -0.15) is 0 Å². The topological polar surface area (TPSA) is 84.2 Å². The van der Waals surface area contributed by atoms with Gasteiger partial charge in [0.25, 0.3) is 0 Å². The minimum Gasteiger partial charge on any atom is -0.346 e. The molecule has 110 valence electrons. The fraction of sp³-hybridized carbons (Fsp3) is 0.385. The molecule has 0 fully saturated rings. The molecule has 0 radical (unpaired) electrons. The first kappa shape index (κ1) is 16.4. The van der Waals surface area contributed by atoms with Crippen LogP contribution in [-0.4, -0.2) is 24.4 Å². The van der Waals surface area contributed by atoms with Gasteiger partial charge in [0.2, 0.25) is 11.8 Å². The van der Waals surface area contributed by atoms with E-state index in [4.69, 9.17) is 17.3 Å². The van der Waals surface area contributed by atoms with E-state index in [1.807, 2.05) is 0 Å². The molecule has 20 heavy (non-hydrogen) atoms. The van der Waals surface area contributed by atoms with Crippen LogP contribution >= 0.6 is 11.6 Å². The average molecular weight is 302 g/mol. The Hall–Kier alpha value is -1.66. The lowest BCUT2D eigenvalue weighted by atomic mass is 10.1. The Kier molecular flexibility index (Phi) is 5.91. The molecule has 0 aliphatic carbocycles. The predicted octanol–water partition coefficient (Wildman–Crippen LogP) is 1.52. The number of carbonyl (C=O) groups is 2. The van der Waals surface area contributed by atoms with Gasteiger partial charge in [-0.05, 0) is 24.1 Å². The van der Waals surface area contributed by atoms with E-state index in [0.29, 0.717) is 5.02 Å². The number of nitrogens with one attached hydrogen (secondary N) is 2. The smallest absolute Gasteiger partial charge is 0.243 e. The van der Waals surface area contributed by atoms with E-state index < -0.39 is 23.7 Å². The van der Waals surface area contributed by atoms with Gasteiger partial charge >= 0.3 is 0 Å². The quantitative estimate of drug-likeness (QED) is 0.771. The first-order valence-corrected chi connectivity index (χ1v) is 6.47. The number of carbonyl (C=O) groups excluding carboxylic acids is 2. The van der Waals surface area contributed by atoms with E-state index >= 15 is 0 Å². The highest BCUT2D eigenvalue weighted by atomic mass is 35.5. The summed E-state index contributed by atoms with van der Waals surface area (Å²) in [5.74, 6) is -1.63. The second-order valence-corrected chi connectivity index (χ2v) is 5.10. The maximum atomic E-state index is 13.4. The molecule has 0 aromatic heterocycles. The molecule has 0 aliphatic heterocycles. The molecule has 1 aromatic carbocycles. The summed E-state index contributed by atoms with van der Waals surface area (Å²) in [7, 11) is 0. The molecule has 2 amide bonds. The molecule has 0 heterocycles. The van der Waals surface area contributed by atoms with E-state index in [0.717, 1.165) is 6.07 Å². The third kappa shape index (κ3) is 4.79. The maximum Gasteiger partial charge on any atom is 0.243 e. The van der Waals surface area contributed by atoms with Crippen molar-refractivity contribution >= 4 is 29.1 Å². The van der Waals surface area contributed by atoms with Gasteiger partial charge in [0.1, 0.15) is 5.82 Å². The minimum absolute atomic E-state index is 0.0371. The molecule has 0 saturated carbocycles. The minimum atomic E-state index is -0.689. The highest BCUT2D eigenvalue weighted by Crippen LogP contribution is 2.19. The van der Waals surface area contributed by atoms with Crippen LogP contribution in [0.2, 0.25) is 5.02 Å². The number of hydrogen-bond donors (Lipinski definition) is 3. The number of benzene rings is 1. The van der Waals surface area contributed by atoms with Crippen molar-refractivity contribution in [2.24, 2.45) is 11.7 Å². The second-order valence-electron chi connectivity index (χ2n) is 4.66.